The molecule has 2 N–H and O–H groups in total. The van der Waals surface area contributed by atoms with Crippen molar-refractivity contribution in [2.45, 2.75) is 18.9 Å². The Balaban J connectivity index is 1.55. The predicted molar refractivity (Wildman–Crippen MR) is 79.3 cm³/mol. The minimum Gasteiger partial charge on any atom is -0.339 e. The normalized spacial score (nSPS) is 18.3. The first-order valence-corrected chi connectivity index (χ1v) is 7.45. The second-order valence-corrected chi connectivity index (χ2v) is 5.50. The molecule has 2 aromatic heterocycles. The van der Waals surface area contributed by atoms with Crippen molar-refractivity contribution < 1.29 is 4.79 Å². The summed E-state index contributed by atoms with van der Waals surface area (Å²) in [6.45, 7) is 1.61. The van der Waals surface area contributed by atoms with E-state index < -0.39 is 0 Å². The van der Waals surface area contributed by atoms with Crippen molar-refractivity contribution >= 4 is 28.5 Å². The molecule has 2 aromatic rings. The summed E-state index contributed by atoms with van der Waals surface area (Å²) in [5.74, 6) is 0.705. The van der Waals surface area contributed by atoms with Crippen LogP contribution in [0.3, 0.4) is 0 Å². The average Bonchev–Trinajstić information content (AvgIpc) is 3.01. The van der Waals surface area contributed by atoms with E-state index in [9.17, 15) is 4.79 Å². The van der Waals surface area contributed by atoms with Gasteiger partial charge in [-0.15, -0.1) is 5.10 Å². The van der Waals surface area contributed by atoms with Gasteiger partial charge >= 0.3 is 6.03 Å². The number of piperidine rings is 1. The monoisotopic (exact) mass is 305 g/mol. The summed E-state index contributed by atoms with van der Waals surface area (Å²) in [5, 5.41) is 9.98. The molecular weight excluding hydrogens is 290 g/mol. The lowest BCUT2D eigenvalue weighted by molar-refractivity contribution is 0.246. The molecule has 2 amide bonds. The van der Waals surface area contributed by atoms with Crippen LogP contribution in [0.2, 0.25) is 0 Å². The Morgan fingerprint density at radius 1 is 1.38 bits per heavy atom. The van der Waals surface area contributed by atoms with E-state index in [2.05, 4.69) is 35.1 Å². The van der Waals surface area contributed by atoms with Gasteiger partial charge in [0.25, 0.3) is 0 Å². The molecular formula is C12H15N7OS. The molecule has 0 aliphatic carbocycles. The number of nitrogens with zero attached hydrogens (tertiary/aromatic N) is 5. The minimum absolute atomic E-state index is 0.0726. The lowest BCUT2D eigenvalue weighted by atomic mass is 10.1. The van der Waals surface area contributed by atoms with Crippen LogP contribution in [0.15, 0.2) is 24.7 Å². The average molecular weight is 305 g/mol. The number of carbonyl (C=O) groups excluding carboxylic acids is 1. The molecule has 3 rings (SSSR count). The summed E-state index contributed by atoms with van der Waals surface area (Å²) < 4.78 is 3.70. The number of hydrogen-bond donors (Lipinski definition) is 2. The van der Waals surface area contributed by atoms with Crippen molar-refractivity contribution in [3.63, 3.8) is 0 Å². The minimum atomic E-state index is -0.234. The van der Waals surface area contributed by atoms with Crippen LogP contribution in [-0.4, -0.2) is 44.7 Å². The van der Waals surface area contributed by atoms with Crippen LogP contribution < -0.4 is 15.5 Å². The van der Waals surface area contributed by atoms with E-state index in [1.165, 1.54) is 6.20 Å². The first kappa shape index (κ1) is 13.7. The highest BCUT2D eigenvalue weighted by atomic mass is 32.1. The quantitative estimate of drug-likeness (QED) is 0.882. The molecule has 0 bridgehead atoms. The third-order valence-electron chi connectivity index (χ3n) is 3.19. The lowest BCUT2D eigenvalue weighted by Crippen LogP contribution is -2.49. The van der Waals surface area contributed by atoms with Crippen LogP contribution in [-0.2, 0) is 0 Å². The van der Waals surface area contributed by atoms with Crippen molar-refractivity contribution in [1.82, 2.24) is 24.9 Å². The Hall–Kier alpha value is -2.29. The van der Waals surface area contributed by atoms with Gasteiger partial charge in [0.1, 0.15) is 5.00 Å². The standard InChI is InChI=1S/C12H15N7OS/c20-12(17-10-7-15-18-21-10)16-9-3-1-6-19(8-9)11-13-4-2-5-14-11/h2,4-5,7,9H,1,3,6,8H2,(H2,16,17,20)/t9-/m0/s1. The van der Waals surface area contributed by atoms with E-state index in [4.69, 9.17) is 0 Å². The van der Waals surface area contributed by atoms with Crippen LogP contribution in [0, 0.1) is 0 Å². The molecule has 110 valence electrons. The Kier molecular flexibility index (Phi) is 4.20. The van der Waals surface area contributed by atoms with Crippen LogP contribution in [0.4, 0.5) is 15.7 Å². The maximum Gasteiger partial charge on any atom is 0.320 e. The number of carbonyl (C=O) groups is 1. The molecule has 0 unspecified atom stereocenters. The van der Waals surface area contributed by atoms with Gasteiger partial charge in [-0.25, -0.2) is 14.8 Å². The van der Waals surface area contributed by atoms with E-state index in [1.54, 1.807) is 18.5 Å². The largest absolute Gasteiger partial charge is 0.339 e. The third-order valence-corrected chi connectivity index (χ3v) is 3.77. The Bertz CT molecular complexity index is 577. The molecule has 0 aromatic carbocycles. The van der Waals surface area contributed by atoms with E-state index in [1.807, 2.05) is 0 Å². The highest BCUT2D eigenvalue weighted by molar-refractivity contribution is 7.10. The highest BCUT2D eigenvalue weighted by Gasteiger charge is 2.23. The third kappa shape index (κ3) is 3.63. The Morgan fingerprint density at radius 2 is 2.24 bits per heavy atom. The van der Waals surface area contributed by atoms with Gasteiger partial charge in [0.15, 0.2) is 0 Å². The SMILES string of the molecule is O=C(Nc1cnns1)N[C@H]1CCCN(c2ncccn2)C1. The summed E-state index contributed by atoms with van der Waals surface area (Å²) in [4.78, 5) is 22.5. The topological polar surface area (TPSA) is 95.9 Å². The van der Waals surface area contributed by atoms with E-state index >= 15 is 0 Å². The van der Waals surface area contributed by atoms with Gasteiger partial charge < -0.3 is 10.2 Å². The zero-order valence-corrected chi connectivity index (χ0v) is 12.1. The van der Waals surface area contributed by atoms with Crippen molar-refractivity contribution in [3.05, 3.63) is 24.7 Å². The zero-order valence-electron chi connectivity index (χ0n) is 11.3. The smallest absolute Gasteiger partial charge is 0.320 e. The van der Waals surface area contributed by atoms with Gasteiger partial charge in [0.05, 0.1) is 6.20 Å². The van der Waals surface area contributed by atoms with Crippen molar-refractivity contribution in [2.75, 3.05) is 23.3 Å². The first-order valence-electron chi connectivity index (χ1n) is 6.68. The molecule has 1 saturated heterocycles. The van der Waals surface area contributed by atoms with Crippen LogP contribution >= 0.6 is 11.5 Å². The van der Waals surface area contributed by atoms with Crippen LogP contribution in [0.1, 0.15) is 12.8 Å². The summed E-state index contributed by atoms with van der Waals surface area (Å²) >= 11 is 1.15. The fraction of sp³-hybridized carbons (Fsp3) is 0.417. The van der Waals surface area contributed by atoms with Crippen LogP contribution in [0.5, 0.6) is 0 Å². The lowest BCUT2D eigenvalue weighted by Gasteiger charge is -2.32. The Labute approximate surface area is 125 Å². The second kappa shape index (κ2) is 6.44. The molecule has 1 fully saturated rings. The molecule has 9 heteroatoms. The fourth-order valence-electron chi connectivity index (χ4n) is 2.29. The number of aromatic nitrogens is 4. The van der Waals surface area contributed by atoms with E-state index in [0.29, 0.717) is 17.5 Å². The zero-order chi connectivity index (χ0) is 14.5. The van der Waals surface area contributed by atoms with Crippen molar-refractivity contribution in [1.29, 1.82) is 0 Å². The highest BCUT2D eigenvalue weighted by Crippen LogP contribution is 2.15. The molecule has 21 heavy (non-hydrogen) atoms. The van der Waals surface area contributed by atoms with Crippen LogP contribution in [0.25, 0.3) is 0 Å². The molecule has 0 saturated carbocycles. The number of hydrogen-bond acceptors (Lipinski definition) is 7. The first-order chi connectivity index (χ1) is 10.3. The molecule has 1 aliphatic rings. The maximum atomic E-state index is 11.9. The summed E-state index contributed by atoms with van der Waals surface area (Å²) in [6.07, 6.45) is 6.91. The number of nitrogens with one attached hydrogen (secondary N) is 2. The van der Waals surface area contributed by atoms with Crippen molar-refractivity contribution in [2.24, 2.45) is 0 Å². The van der Waals surface area contributed by atoms with Gasteiger partial charge in [-0.05, 0) is 18.9 Å². The van der Waals surface area contributed by atoms with Gasteiger partial charge in [-0.1, -0.05) is 4.49 Å². The summed E-state index contributed by atoms with van der Waals surface area (Å²) in [6, 6.07) is 1.63. The van der Waals surface area contributed by atoms with Gasteiger partial charge in [-0.2, -0.15) is 0 Å². The predicted octanol–water partition coefficient (Wildman–Crippen LogP) is 1.12. The van der Waals surface area contributed by atoms with Crippen molar-refractivity contribution in [3.8, 4) is 0 Å². The number of urea groups is 1. The Morgan fingerprint density at radius 3 is 3.00 bits per heavy atom. The fourth-order valence-corrected chi connectivity index (χ4v) is 2.70. The molecule has 0 spiro atoms. The molecule has 0 radical (unpaired) electrons. The maximum absolute atomic E-state index is 11.9. The molecule has 8 nitrogen and oxygen atoms in total. The second-order valence-electron chi connectivity index (χ2n) is 4.71. The summed E-state index contributed by atoms with van der Waals surface area (Å²) in [7, 11) is 0. The molecule has 1 aliphatic heterocycles. The van der Waals surface area contributed by atoms with Gasteiger partial charge in [-0.3, -0.25) is 5.32 Å². The molecule has 1 atom stereocenters. The van der Waals surface area contributed by atoms with Gasteiger partial charge in [0.2, 0.25) is 5.95 Å². The number of anilines is 2. The van der Waals surface area contributed by atoms with E-state index in [0.717, 1.165) is 30.9 Å². The van der Waals surface area contributed by atoms with E-state index in [-0.39, 0.29) is 12.1 Å². The summed E-state index contributed by atoms with van der Waals surface area (Å²) in [5.41, 5.74) is 0. The molecule has 3 heterocycles. The number of amides is 2. The number of rotatable bonds is 3. The van der Waals surface area contributed by atoms with Gasteiger partial charge in [0, 0.05) is 43.1 Å².